The number of oxazole rings is 1. The lowest BCUT2D eigenvalue weighted by Crippen LogP contribution is -2.37. The maximum atomic E-state index is 11.9. The summed E-state index contributed by atoms with van der Waals surface area (Å²) < 4.78 is 6.01. The third-order valence-corrected chi connectivity index (χ3v) is 5.95. The van der Waals surface area contributed by atoms with Crippen molar-refractivity contribution in [3.05, 3.63) is 53.9 Å². The topological polar surface area (TPSA) is 58.4 Å². The van der Waals surface area contributed by atoms with Crippen LogP contribution >= 0.6 is 0 Å². The number of carbonyl (C=O) groups is 1. The summed E-state index contributed by atoms with van der Waals surface area (Å²) in [5, 5.41) is 5.42. The Labute approximate surface area is 158 Å². The van der Waals surface area contributed by atoms with E-state index in [-0.39, 0.29) is 5.91 Å². The summed E-state index contributed by atoms with van der Waals surface area (Å²) in [7, 11) is 0. The molecule has 0 spiro atoms. The molecule has 0 unspecified atom stereocenters. The van der Waals surface area contributed by atoms with Crippen LogP contribution in [-0.2, 0) is 11.3 Å². The molecular formula is C22H23N3O2. The lowest BCUT2D eigenvalue weighted by atomic mass is 10.1. The average molecular weight is 361 g/mol. The third-order valence-electron chi connectivity index (χ3n) is 5.95. The van der Waals surface area contributed by atoms with Gasteiger partial charge in [-0.15, -0.1) is 0 Å². The number of aryl methyl sites for hydroxylation is 1. The molecule has 2 fully saturated rings. The zero-order valence-electron chi connectivity index (χ0n) is 15.4. The second-order valence-electron chi connectivity index (χ2n) is 7.65. The largest absolute Gasteiger partial charge is 0.441 e. The van der Waals surface area contributed by atoms with Crippen LogP contribution in [0.25, 0.3) is 22.2 Å². The first-order valence-electron chi connectivity index (χ1n) is 9.65. The Bertz CT molecular complexity index is 1010. The van der Waals surface area contributed by atoms with E-state index < -0.39 is 0 Å². The predicted molar refractivity (Wildman–Crippen MR) is 104 cm³/mol. The summed E-state index contributed by atoms with van der Waals surface area (Å²) in [6, 6.07) is 15.3. The number of nitrogens with zero attached hydrogens (tertiary/aromatic N) is 2. The fourth-order valence-electron chi connectivity index (χ4n) is 4.42. The zero-order chi connectivity index (χ0) is 18.4. The molecular weight excluding hydrogens is 338 g/mol. The Morgan fingerprint density at radius 2 is 1.96 bits per heavy atom. The van der Waals surface area contributed by atoms with E-state index >= 15 is 0 Å². The lowest BCUT2D eigenvalue weighted by molar-refractivity contribution is -0.121. The molecule has 5 heteroatoms. The molecule has 1 amide bonds. The average Bonchev–Trinajstić information content (AvgIpc) is 3.18. The van der Waals surface area contributed by atoms with Gasteiger partial charge in [-0.2, -0.15) is 0 Å². The second kappa shape index (κ2) is 6.50. The van der Waals surface area contributed by atoms with Crippen molar-refractivity contribution in [2.45, 2.75) is 44.8 Å². The fraction of sp³-hybridized carbons (Fsp3) is 0.364. The molecule has 0 aliphatic carbocycles. The predicted octanol–water partition coefficient (Wildman–Crippen LogP) is 3.66. The van der Waals surface area contributed by atoms with Crippen LogP contribution in [0.2, 0.25) is 0 Å². The Kier molecular flexibility index (Phi) is 3.97. The lowest BCUT2D eigenvalue weighted by Gasteiger charge is -2.26. The van der Waals surface area contributed by atoms with E-state index in [1.54, 1.807) is 0 Å². The van der Waals surface area contributed by atoms with Gasteiger partial charge in [0.2, 0.25) is 11.8 Å². The smallest absolute Gasteiger partial charge is 0.226 e. The number of nitrogens with one attached hydrogen (secondary N) is 1. The first kappa shape index (κ1) is 16.5. The van der Waals surface area contributed by atoms with Crippen LogP contribution in [0.1, 0.15) is 30.7 Å². The van der Waals surface area contributed by atoms with Gasteiger partial charge >= 0.3 is 0 Å². The molecule has 5 nitrogen and oxygen atoms in total. The SMILES string of the molecule is Cc1oc(-c2ccc3ccccc3c2)nc1CN1[C@@H]2CC[C@H]1CNC(=O)C2. The number of hydrogen-bond donors (Lipinski definition) is 1. The van der Waals surface area contributed by atoms with Crippen molar-refractivity contribution in [1.82, 2.24) is 15.2 Å². The van der Waals surface area contributed by atoms with Crippen molar-refractivity contribution in [2.24, 2.45) is 0 Å². The minimum Gasteiger partial charge on any atom is -0.441 e. The zero-order valence-corrected chi connectivity index (χ0v) is 15.4. The number of amides is 1. The van der Waals surface area contributed by atoms with Gasteiger partial charge in [-0.05, 0) is 42.7 Å². The van der Waals surface area contributed by atoms with Crippen molar-refractivity contribution in [2.75, 3.05) is 6.54 Å². The van der Waals surface area contributed by atoms with E-state index in [2.05, 4.69) is 40.5 Å². The molecule has 27 heavy (non-hydrogen) atoms. The molecule has 1 N–H and O–H groups in total. The second-order valence-corrected chi connectivity index (χ2v) is 7.65. The number of fused-ring (bicyclic) bond motifs is 3. The van der Waals surface area contributed by atoms with E-state index in [4.69, 9.17) is 9.40 Å². The molecule has 2 aromatic carbocycles. The van der Waals surface area contributed by atoms with Gasteiger partial charge in [-0.3, -0.25) is 9.69 Å². The first-order valence-corrected chi connectivity index (χ1v) is 9.65. The van der Waals surface area contributed by atoms with Crippen LogP contribution in [0.5, 0.6) is 0 Å². The van der Waals surface area contributed by atoms with Crippen LogP contribution in [0.4, 0.5) is 0 Å². The minimum absolute atomic E-state index is 0.168. The highest BCUT2D eigenvalue weighted by Gasteiger charge is 2.37. The molecule has 2 saturated heterocycles. The number of benzene rings is 2. The highest BCUT2D eigenvalue weighted by Crippen LogP contribution is 2.32. The van der Waals surface area contributed by atoms with E-state index in [0.29, 0.717) is 24.4 Å². The molecule has 5 rings (SSSR count). The molecule has 2 atom stereocenters. The van der Waals surface area contributed by atoms with Crippen LogP contribution in [0, 0.1) is 6.92 Å². The quantitative estimate of drug-likeness (QED) is 0.773. The standard InChI is InChI=1S/C22H23N3O2/c1-14-20(13-25-18-8-9-19(25)12-23-21(26)11-18)24-22(27-14)17-7-6-15-4-2-3-5-16(15)10-17/h2-7,10,18-19H,8-9,11-13H2,1H3,(H,23,26)/t18-,19+/m1/s1. The molecule has 2 aliphatic heterocycles. The highest BCUT2D eigenvalue weighted by molar-refractivity contribution is 5.86. The van der Waals surface area contributed by atoms with Gasteiger partial charge in [-0.1, -0.05) is 30.3 Å². The first-order chi connectivity index (χ1) is 13.2. The summed E-state index contributed by atoms with van der Waals surface area (Å²) in [6.07, 6.45) is 2.82. The summed E-state index contributed by atoms with van der Waals surface area (Å²) in [5.41, 5.74) is 1.98. The van der Waals surface area contributed by atoms with Crippen LogP contribution in [-0.4, -0.2) is 34.4 Å². The summed E-state index contributed by atoms with van der Waals surface area (Å²) in [6.45, 7) is 3.47. The molecule has 1 aromatic heterocycles. The number of aromatic nitrogens is 1. The summed E-state index contributed by atoms with van der Waals surface area (Å²) in [4.78, 5) is 19.1. The number of rotatable bonds is 3. The molecule has 0 saturated carbocycles. The van der Waals surface area contributed by atoms with Crippen molar-refractivity contribution in [3.8, 4) is 11.5 Å². The van der Waals surface area contributed by atoms with Gasteiger partial charge in [0.05, 0.1) is 5.69 Å². The Balaban J connectivity index is 1.43. The van der Waals surface area contributed by atoms with Crippen molar-refractivity contribution < 1.29 is 9.21 Å². The van der Waals surface area contributed by atoms with Gasteiger partial charge in [0.1, 0.15) is 5.76 Å². The van der Waals surface area contributed by atoms with Crippen LogP contribution < -0.4 is 5.32 Å². The molecule has 2 bridgehead atoms. The molecule has 138 valence electrons. The van der Waals surface area contributed by atoms with E-state index in [0.717, 1.165) is 42.9 Å². The molecule has 2 aliphatic rings. The Morgan fingerprint density at radius 1 is 1.15 bits per heavy atom. The van der Waals surface area contributed by atoms with Gasteiger partial charge in [-0.25, -0.2) is 4.98 Å². The van der Waals surface area contributed by atoms with Crippen LogP contribution in [0.3, 0.4) is 0 Å². The highest BCUT2D eigenvalue weighted by atomic mass is 16.4. The third kappa shape index (κ3) is 3.02. The normalized spacial score (nSPS) is 22.8. The van der Waals surface area contributed by atoms with Crippen molar-refractivity contribution in [3.63, 3.8) is 0 Å². The molecule has 3 heterocycles. The number of hydrogen-bond acceptors (Lipinski definition) is 4. The summed E-state index contributed by atoms with van der Waals surface area (Å²) in [5.74, 6) is 1.70. The maximum absolute atomic E-state index is 11.9. The minimum atomic E-state index is 0.168. The van der Waals surface area contributed by atoms with Gasteiger partial charge in [0.25, 0.3) is 0 Å². The van der Waals surface area contributed by atoms with Gasteiger partial charge in [0, 0.05) is 37.2 Å². The molecule has 0 radical (unpaired) electrons. The fourth-order valence-corrected chi connectivity index (χ4v) is 4.42. The van der Waals surface area contributed by atoms with Crippen molar-refractivity contribution >= 4 is 16.7 Å². The monoisotopic (exact) mass is 361 g/mol. The van der Waals surface area contributed by atoms with E-state index in [9.17, 15) is 4.79 Å². The van der Waals surface area contributed by atoms with Crippen molar-refractivity contribution in [1.29, 1.82) is 0 Å². The van der Waals surface area contributed by atoms with Gasteiger partial charge < -0.3 is 9.73 Å². The van der Waals surface area contributed by atoms with E-state index in [1.807, 2.05) is 19.1 Å². The van der Waals surface area contributed by atoms with E-state index in [1.165, 1.54) is 10.8 Å². The Morgan fingerprint density at radius 3 is 2.85 bits per heavy atom. The summed E-state index contributed by atoms with van der Waals surface area (Å²) >= 11 is 0. The Hall–Kier alpha value is -2.66. The number of carbonyl (C=O) groups excluding carboxylic acids is 1. The maximum Gasteiger partial charge on any atom is 0.226 e. The van der Waals surface area contributed by atoms with Crippen LogP contribution in [0.15, 0.2) is 46.9 Å². The van der Waals surface area contributed by atoms with Gasteiger partial charge in [0.15, 0.2) is 0 Å². The molecule has 3 aromatic rings.